The molecule has 0 bridgehead atoms. The minimum atomic E-state index is -0.296. The zero-order valence-corrected chi connectivity index (χ0v) is 11.6. The summed E-state index contributed by atoms with van der Waals surface area (Å²) in [6, 6.07) is 7.98. The number of carbonyl (C=O) groups excluding carboxylic acids is 1. The third-order valence-corrected chi connectivity index (χ3v) is 2.79. The van der Waals surface area contributed by atoms with E-state index in [1.165, 1.54) is 6.07 Å². The van der Waals surface area contributed by atoms with Crippen molar-refractivity contribution >= 4 is 40.6 Å². The lowest BCUT2D eigenvalue weighted by molar-refractivity contribution is 0.102. The number of nitrogens with two attached hydrogens (primary N) is 1. The van der Waals surface area contributed by atoms with Gasteiger partial charge < -0.3 is 11.1 Å². The Morgan fingerprint density at radius 1 is 1.16 bits per heavy atom. The third kappa shape index (κ3) is 3.59. The molecule has 0 aliphatic carbocycles. The quantitative estimate of drug-likeness (QED) is 0.890. The van der Waals surface area contributed by atoms with Crippen LogP contribution in [-0.2, 0) is 0 Å². The number of nitrogen functional groups attached to an aromatic ring is 1. The summed E-state index contributed by atoms with van der Waals surface area (Å²) in [5, 5.41) is 3.61. The van der Waals surface area contributed by atoms with Gasteiger partial charge in [0.2, 0.25) is 0 Å². The van der Waals surface area contributed by atoms with Gasteiger partial charge in [0.1, 0.15) is 5.82 Å². The number of anilines is 2. The highest BCUT2D eigenvalue weighted by Gasteiger charge is 2.09. The van der Waals surface area contributed by atoms with Gasteiger partial charge in [0.25, 0.3) is 5.91 Å². The number of halogens is 2. The molecular weight excluding hydrogens is 285 g/mol. The number of rotatable bonds is 2. The Balaban J connectivity index is 2.25. The molecule has 0 atom stereocenters. The number of hydrogen-bond acceptors (Lipinski definition) is 3. The fraction of sp³-hybridized carbons (Fsp3) is 0.0769. The molecule has 0 spiro atoms. The molecule has 6 heteroatoms. The van der Waals surface area contributed by atoms with Gasteiger partial charge in [-0.15, -0.1) is 0 Å². The van der Waals surface area contributed by atoms with Crippen molar-refractivity contribution in [2.45, 2.75) is 6.92 Å². The molecular formula is C13H11Cl2N3O. The lowest BCUT2D eigenvalue weighted by atomic mass is 10.2. The van der Waals surface area contributed by atoms with Crippen LogP contribution >= 0.6 is 23.2 Å². The van der Waals surface area contributed by atoms with E-state index in [0.717, 1.165) is 0 Å². The van der Waals surface area contributed by atoms with Gasteiger partial charge in [-0.1, -0.05) is 23.2 Å². The first-order valence-corrected chi connectivity index (χ1v) is 6.21. The molecule has 0 aliphatic rings. The van der Waals surface area contributed by atoms with Crippen LogP contribution in [0.25, 0.3) is 0 Å². The van der Waals surface area contributed by atoms with Crippen LogP contribution in [0, 0.1) is 6.92 Å². The molecule has 4 nitrogen and oxygen atoms in total. The Bertz CT molecular complexity index is 603. The standard InChI is InChI=1S/C13H11Cl2N3O/c1-7-2-8(3-12(16)17-7)13(19)18-11-5-9(14)4-10(15)6-11/h2-6H,1H3,(H2,16,17)(H,18,19). The SMILES string of the molecule is Cc1cc(C(=O)Nc2cc(Cl)cc(Cl)c2)cc(N)n1. The Kier molecular flexibility index (Phi) is 3.93. The van der Waals surface area contributed by atoms with Gasteiger partial charge in [-0.3, -0.25) is 4.79 Å². The predicted octanol–water partition coefficient (Wildman–Crippen LogP) is 3.53. The summed E-state index contributed by atoms with van der Waals surface area (Å²) in [4.78, 5) is 16.1. The van der Waals surface area contributed by atoms with E-state index in [-0.39, 0.29) is 5.91 Å². The van der Waals surface area contributed by atoms with Crippen molar-refractivity contribution in [1.82, 2.24) is 4.98 Å². The average molecular weight is 296 g/mol. The number of carbonyl (C=O) groups is 1. The van der Waals surface area contributed by atoms with Crippen molar-refractivity contribution in [1.29, 1.82) is 0 Å². The topological polar surface area (TPSA) is 68.0 Å². The summed E-state index contributed by atoms with van der Waals surface area (Å²) >= 11 is 11.7. The Hall–Kier alpha value is -1.78. The highest BCUT2D eigenvalue weighted by molar-refractivity contribution is 6.35. The van der Waals surface area contributed by atoms with Crippen molar-refractivity contribution in [3.05, 3.63) is 51.6 Å². The number of nitrogens with zero attached hydrogens (tertiary/aromatic N) is 1. The van der Waals surface area contributed by atoms with E-state index in [1.807, 2.05) is 0 Å². The van der Waals surface area contributed by atoms with E-state index in [1.54, 1.807) is 31.2 Å². The summed E-state index contributed by atoms with van der Waals surface area (Å²) in [6.07, 6.45) is 0. The van der Waals surface area contributed by atoms with Crippen LogP contribution < -0.4 is 11.1 Å². The third-order valence-electron chi connectivity index (χ3n) is 2.36. The lowest BCUT2D eigenvalue weighted by Gasteiger charge is -2.07. The monoisotopic (exact) mass is 295 g/mol. The number of aryl methyl sites for hydroxylation is 1. The molecule has 98 valence electrons. The van der Waals surface area contributed by atoms with Gasteiger partial charge in [0.15, 0.2) is 0 Å². The van der Waals surface area contributed by atoms with Crippen LogP contribution in [0.3, 0.4) is 0 Å². The number of benzene rings is 1. The molecule has 0 radical (unpaired) electrons. The largest absolute Gasteiger partial charge is 0.384 e. The Morgan fingerprint density at radius 2 is 1.79 bits per heavy atom. The van der Waals surface area contributed by atoms with Gasteiger partial charge in [-0.05, 0) is 37.3 Å². The first kappa shape index (κ1) is 13.6. The van der Waals surface area contributed by atoms with Crippen LogP contribution in [0.1, 0.15) is 16.1 Å². The van der Waals surface area contributed by atoms with E-state index in [9.17, 15) is 4.79 Å². The zero-order valence-electron chi connectivity index (χ0n) is 10.1. The van der Waals surface area contributed by atoms with Crippen LogP contribution in [-0.4, -0.2) is 10.9 Å². The normalized spacial score (nSPS) is 10.3. The van der Waals surface area contributed by atoms with E-state index >= 15 is 0 Å². The molecule has 1 amide bonds. The molecule has 0 saturated heterocycles. The van der Waals surface area contributed by atoms with Crippen molar-refractivity contribution < 1.29 is 4.79 Å². The fourth-order valence-corrected chi connectivity index (χ4v) is 2.18. The Labute approximate surface area is 120 Å². The minimum absolute atomic E-state index is 0.296. The molecule has 0 aliphatic heterocycles. The minimum Gasteiger partial charge on any atom is -0.384 e. The van der Waals surface area contributed by atoms with E-state index < -0.39 is 0 Å². The van der Waals surface area contributed by atoms with Gasteiger partial charge in [0.05, 0.1) is 0 Å². The molecule has 2 rings (SSSR count). The molecule has 3 N–H and O–H groups in total. The van der Waals surface area contributed by atoms with Crippen LogP contribution in [0.15, 0.2) is 30.3 Å². The second kappa shape index (κ2) is 5.47. The number of pyridine rings is 1. The second-order valence-electron chi connectivity index (χ2n) is 4.03. The molecule has 0 saturated carbocycles. The summed E-state index contributed by atoms with van der Waals surface area (Å²) in [5.74, 6) is 0.00445. The molecule has 0 unspecified atom stereocenters. The maximum atomic E-state index is 12.1. The number of aromatic nitrogens is 1. The Morgan fingerprint density at radius 3 is 2.37 bits per heavy atom. The van der Waals surface area contributed by atoms with Gasteiger partial charge in [0, 0.05) is 27.0 Å². The smallest absolute Gasteiger partial charge is 0.255 e. The lowest BCUT2D eigenvalue weighted by Crippen LogP contribution is -2.13. The van der Waals surface area contributed by atoms with E-state index in [0.29, 0.717) is 32.8 Å². The van der Waals surface area contributed by atoms with E-state index in [2.05, 4.69) is 10.3 Å². The summed E-state index contributed by atoms with van der Waals surface area (Å²) in [7, 11) is 0. The van der Waals surface area contributed by atoms with E-state index in [4.69, 9.17) is 28.9 Å². The highest BCUT2D eigenvalue weighted by Crippen LogP contribution is 2.23. The molecule has 2 aromatic rings. The number of hydrogen-bond donors (Lipinski definition) is 2. The number of nitrogens with one attached hydrogen (secondary N) is 1. The summed E-state index contributed by atoms with van der Waals surface area (Å²) in [6.45, 7) is 1.77. The van der Waals surface area contributed by atoms with Crippen molar-refractivity contribution in [3.63, 3.8) is 0 Å². The van der Waals surface area contributed by atoms with Crippen molar-refractivity contribution in [3.8, 4) is 0 Å². The van der Waals surface area contributed by atoms with Crippen molar-refractivity contribution in [2.24, 2.45) is 0 Å². The molecule has 19 heavy (non-hydrogen) atoms. The van der Waals surface area contributed by atoms with Gasteiger partial charge in [-0.2, -0.15) is 0 Å². The second-order valence-corrected chi connectivity index (χ2v) is 4.91. The summed E-state index contributed by atoms with van der Waals surface area (Å²) < 4.78 is 0. The van der Waals surface area contributed by atoms with Gasteiger partial charge >= 0.3 is 0 Å². The molecule has 1 aromatic carbocycles. The first-order valence-electron chi connectivity index (χ1n) is 5.45. The maximum absolute atomic E-state index is 12.1. The molecule has 0 fully saturated rings. The van der Waals surface area contributed by atoms with Gasteiger partial charge in [-0.25, -0.2) is 4.98 Å². The highest BCUT2D eigenvalue weighted by atomic mass is 35.5. The average Bonchev–Trinajstić information content (AvgIpc) is 2.25. The zero-order chi connectivity index (χ0) is 14.0. The summed E-state index contributed by atoms with van der Waals surface area (Å²) in [5.41, 5.74) is 7.24. The van der Waals surface area contributed by atoms with Crippen LogP contribution in [0.5, 0.6) is 0 Å². The molecule has 1 aromatic heterocycles. The van der Waals surface area contributed by atoms with Crippen LogP contribution in [0.4, 0.5) is 11.5 Å². The maximum Gasteiger partial charge on any atom is 0.255 e. The fourth-order valence-electron chi connectivity index (χ4n) is 1.65. The predicted molar refractivity (Wildman–Crippen MR) is 77.8 cm³/mol. The number of amides is 1. The van der Waals surface area contributed by atoms with Crippen LogP contribution in [0.2, 0.25) is 10.0 Å². The van der Waals surface area contributed by atoms with Crippen molar-refractivity contribution in [2.75, 3.05) is 11.1 Å². The first-order chi connectivity index (χ1) is 8.94. The molecule has 1 heterocycles.